The summed E-state index contributed by atoms with van der Waals surface area (Å²) >= 11 is 0. The second kappa shape index (κ2) is 6.32. The van der Waals surface area contributed by atoms with E-state index < -0.39 is 0 Å². The molecule has 7 heteroatoms. The number of hydrogen-bond acceptors (Lipinski definition) is 7. The molecule has 2 aliphatic heterocycles. The molecule has 0 saturated carbocycles. The highest BCUT2D eigenvalue weighted by molar-refractivity contribution is 5.41. The largest absolute Gasteiger partial charge is 0.481 e. The van der Waals surface area contributed by atoms with Crippen LogP contribution in [0.2, 0.25) is 0 Å². The molecule has 0 radical (unpaired) electrons. The van der Waals surface area contributed by atoms with Crippen LogP contribution in [0.1, 0.15) is 30.5 Å². The van der Waals surface area contributed by atoms with Crippen LogP contribution in [0.15, 0.2) is 24.7 Å². The third-order valence-electron chi connectivity index (χ3n) is 4.81. The average molecular weight is 327 g/mol. The minimum Gasteiger partial charge on any atom is -0.481 e. The van der Waals surface area contributed by atoms with Gasteiger partial charge in [-0.15, -0.1) is 0 Å². The first-order valence-corrected chi connectivity index (χ1v) is 8.29. The molecule has 2 aromatic heterocycles. The summed E-state index contributed by atoms with van der Waals surface area (Å²) in [5, 5.41) is 0. The zero-order valence-corrected chi connectivity index (χ0v) is 13.9. The molecule has 4 rings (SSSR count). The summed E-state index contributed by atoms with van der Waals surface area (Å²) in [6.45, 7) is 3.78. The predicted octanol–water partition coefficient (Wildman–Crippen LogP) is 1.94. The third-order valence-corrected chi connectivity index (χ3v) is 4.81. The van der Waals surface area contributed by atoms with Gasteiger partial charge in [0.1, 0.15) is 24.1 Å². The number of ether oxygens (including phenoxy) is 2. The number of methoxy groups -OCH3 is 1. The normalized spacial score (nSPS) is 26.2. The van der Waals surface area contributed by atoms with Crippen LogP contribution >= 0.6 is 0 Å². The number of aromatic nitrogens is 4. The van der Waals surface area contributed by atoms with E-state index in [0.29, 0.717) is 17.9 Å². The maximum Gasteiger partial charge on any atom is 0.218 e. The Morgan fingerprint density at radius 3 is 3.04 bits per heavy atom. The molecule has 2 aromatic rings. The van der Waals surface area contributed by atoms with Crippen molar-refractivity contribution in [3.05, 3.63) is 36.2 Å². The molecule has 0 bridgehead atoms. The maximum atomic E-state index is 6.26. The van der Waals surface area contributed by atoms with E-state index in [2.05, 4.69) is 24.8 Å². The first-order chi connectivity index (χ1) is 11.7. The number of fused-ring (bicyclic) bond motifs is 1. The Labute approximate surface area is 141 Å². The highest BCUT2D eigenvalue weighted by Crippen LogP contribution is 2.40. The van der Waals surface area contributed by atoms with Crippen molar-refractivity contribution in [1.82, 2.24) is 19.9 Å². The zero-order valence-electron chi connectivity index (χ0n) is 13.9. The van der Waals surface area contributed by atoms with Gasteiger partial charge in [0.15, 0.2) is 0 Å². The molecular weight excluding hydrogens is 306 g/mol. The molecule has 2 fully saturated rings. The third kappa shape index (κ3) is 2.91. The monoisotopic (exact) mass is 327 g/mol. The number of nitrogens with zero attached hydrogens (tertiary/aromatic N) is 5. The Morgan fingerprint density at radius 2 is 2.21 bits per heavy atom. The zero-order chi connectivity index (χ0) is 16.5. The lowest BCUT2D eigenvalue weighted by Gasteiger charge is -2.34. The summed E-state index contributed by atoms with van der Waals surface area (Å²) in [5.74, 6) is 2.79. The Bertz CT molecular complexity index is 726. The molecule has 0 aliphatic carbocycles. The topological polar surface area (TPSA) is 73.3 Å². The van der Waals surface area contributed by atoms with Crippen molar-refractivity contribution >= 4 is 5.82 Å². The van der Waals surface area contributed by atoms with E-state index in [1.54, 1.807) is 13.4 Å². The summed E-state index contributed by atoms with van der Waals surface area (Å²) < 4.78 is 11.5. The minimum atomic E-state index is 0.0709. The van der Waals surface area contributed by atoms with Gasteiger partial charge < -0.3 is 14.4 Å². The second-order valence-corrected chi connectivity index (χ2v) is 6.34. The van der Waals surface area contributed by atoms with Crippen molar-refractivity contribution in [2.75, 3.05) is 25.1 Å². The van der Waals surface area contributed by atoms with E-state index in [1.165, 1.54) is 0 Å². The van der Waals surface area contributed by atoms with Crippen LogP contribution in [0, 0.1) is 12.8 Å². The SMILES string of the molecule is COc1cc(N2CC[C@@H]3O[C@@H](c4ccnc(C)n4)C[C@H]3C2)ncn1. The highest BCUT2D eigenvalue weighted by atomic mass is 16.5. The summed E-state index contributed by atoms with van der Waals surface area (Å²) in [6, 6.07) is 3.85. The van der Waals surface area contributed by atoms with Gasteiger partial charge in [-0.05, 0) is 25.8 Å². The van der Waals surface area contributed by atoms with E-state index in [9.17, 15) is 0 Å². The number of piperidine rings is 1. The molecular formula is C17H21N5O2. The van der Waals surface area contributed by atoms with Crippen LogP contribution < -0.4 is 9.64 Å². The molecule has 2 saturated heterocycles. The van der Waals surface area contributed by atoms with Gasteiger partial charge in [-0.3, -0.25) is 0 Å². The van der Waals surface area contributed by atoms with Crippen LogP contribution in [0.5, 0.6) is 5.88 Å². The molecule has 126 valence electrons. The summed E-state index contributed by atoms with van der Waals surface area (Å²) in [7, 11) is 1.62. The Balaban J connectivity index is 1.47. The fourth-order valence-electron chi connectivity index (χ4n) is 3.62. The van der Waals surface area contributed by atoms with Gasteiger partial charge in [0.05, 0.1) is 18.9 Å². The van der Waals surface area contributed by atoms with E-state index in [-0.39, 0.29) is 6.10 Å². The van der Waals surface area contributed by atoms with Crippen LogP contribution in [-0.4, -0.2) is 46.2 Å². The lowest BCUT2D eigenvalue weighted by Crippen LogP contribution is -2.41. The van der Waals surface area contributed by atoms with Gasteiger partial charge in [0.2, 0.25) is 5.88 Å². The quantitative estimate of drug-likeness (QED) is 0.853. The first-order valence-electron chi connectivity index (χ1n) is 8.29. The Hall–Kier alpha value is -2.28. The molecule has 0 spiro atoms. The Morgan fingerprint density at radius 1 is 1.29 bits per heavy atom. The molecule has 0 unspecified atom stereocenters. The summed E-state index contributed by atoms with van der Waals surface area (Å²) in [5.41, 5.74) is 0.993. The Kier molecular flexibility index (Phi) is 4.02. The van der Waals surface area contributed by atoms with Crippen LogP contribution in [-0.2, 0) is 4.74 Å². The average Bonchev–Trinajstić information content (AvgIpc) is 3.05. The van der Waals surface area contributed by atoms with Crippen LogP contribution in [0.3, 0.4) is 0 Å². The smallest absolute Gasteiger partial charge is 0.218 e. The van der Waals surface area contributed by atoms with Gasteiger partial charge >= 0.3 is 0 Å². The van der Waals surface area contributed by atoms with Crippen LogP contribution in [0.4, 0.5) is 5.82 Å². The highest BCUT2D eigenvalue weighted by Gasteiger charge is 2.40. The van der Waals surface area contributed by atoms with Crippen molar-refractivity contribution in [3.63, 3.8) is 0 Å². The molecule has 4 heterocycles. The standard InChI is InChI=1S/C17H21N5O2/c1-11-18-5-3-13(21-11)15-7-12-9-22(6-4-14(12)24-15)16-8-17(23-2)20-10-19-16/h3,5,8,10,12,14-15H,4,6-7,9H2,1-2H3/t12-,14-,15+/m0/s1. The van der Waals surface area contributed by atoms with Gasteiger partial charge in [-0.1, -0.05) is 0 Å². The number of hydrogen-bond donors (Lipinski definition) is 0. The maximum absolute atomic E-state index is 6.26. The molecule has 24 heavy (non-hydrogen) atoms. The molecule has 7 nitrogen and oxygen atoms in total. The minimum absolute atomic E-state index is 0.0709. The van der Waals surface area contributed by atoms with E-state index in [0.717, 1.165) is 43.3 Å². The van der Waals surface area contributed by atoms with Crippen molar-refractivity contribution in [2.24, 2.45) is 5.92 Å². The lowest BCUT2D eigenvalue weighted by molar-refractivity contribution is 0.0231. The van der Waals surface area contributed by atoms with Crippen molar-refractivity contribution < 1.29 is 9.47 Å². The number of anilines is 1. The van der Waals surface area contributed by atoms with Gasteiger partial charge in [0.25, 0.3) is 0 Å². The van der Waals surface area contributed by atoms with Gasteiger partial charge in [0, 0.05) is 31.3 Å². The first kappa shape index (κ1) is 15.3. The molecule has 0 amide bonds. The van der Waals surface area contributed by atoms with Crippen molar-refractivity contribution in [2.45, 2.75) is 32.0 Å². The summed E-state index contributed by atoms with van der Waals surface area (Å²) in [6.07, 6.45) is 5.71. The van der Waals surface area contributed by atoms with Crippen molar-refractivity contribution in [1.29, 1.82) is 0 Å². The van der Waals surface area contributed by atoms with E-state index in [1.807, 2.05) is 25.3 Å². The number of aryl methyl sites for hydroxylation is 1. The summed E-state index contributed by atoms with van der Waals surface area (Å²) in [4.78, 5) is 19.5. The molecule has 3 atom stereocenters. The molecule has 0 aromatic carbocycles. The van der Waals surface area contributed by atoms with Crippen LogP contribution in [0.25, 0.3) is 0 Å². The second-order valence-electron chi connectivity index (χ2n) is 6.34. The fourth-order valence-corrected chi connectivity index (χ4v) is 3.62. The predicted molar refractivity (Wildman–Crippen MR) is 87.9 cm³/mol. The van der Waals surface area contributed by atoms with Gasteiger partial charge in [-0.2, -0.15) is 0 Å². The van der Waals surface area contributed by atoms with Gasteiger partial charge in [-0.25, -0.2) is 19.9 Å². The fraction of sp³-hybridized carbons (Fsp3) is 0.529. The van der Waals surface area contributed by atoms with E-state index in [4.69, 9.17) is 9.47 Å². The van der Waals surface area contributed by atoms with Crippen molar-refractivity contribution in [3.8, 4) is 5.88 Å². The van der Waals surface area contributed by atoms with E-state index >= 15 is 0 Å². The molecule has 0 N–H and O–H groups in total. The molecule has 2 aliphatic rings. The lowest BCUT2D eigenvalue weighted by atomic mass is 9.92. The number of rotatable bonds is 3.